The SMILES string of the molecule is Cn1ccc(O)c(NC(=O)N[C@@H](CC(=O)O)c2ccc(-c3ccc(F)cc3F)cc2)c1=O. The van der Waals surface area contributed by atoms with E-state index in [1.165, 1.54) is 49.6 Å². The van der Waals surface area contributed by atoms with Crippen LogP contribution in [-0.2, 0) is 11.8 Å². The van der Waals surface area contributed by atoms with Gasteiger partial charge < -0.3 is 25.4 Å². The van der Waals surface area contributed by atoms with E-state index in [1.54, 1.807) is 0 Å². The lowest BCUT2D eigenvalue weighted by atomic mass is 9.99. The van der Waals surface area contributed by atoms with Crippen LogP contribution in [0.2, 0.25) is 0 Å². The minimum absolute atomic E-state index is 0.161. The molecule has 8 nitrogen and oxygen atoms in total. The summed E-state index contributed by atoms with van der Waals surface area (Å²) in [5.74, 6) is -3.09. The van der Waals surface area contributed by atoms with E-state index >= 15 is 0 Å². The van der Waals surface area contributed by atoms with Crippen molar-refractivity contribution in [3.8, 4) is 16.9 Å². The molecule has 0 spiro atoms. The highest BCUT2D eigenvalue weighted by molar-refractivity contribution is 5.91. The minimum Gasteiger partial charge on any atom is -0.505 e. The summed E-state index contributed by atoms with van der Waals surface area (Å²) in [4.78, 5) is 35.8. The molecule has 3 rings (SSSR count). The normalized spacial score (nSPS) is 11.6. The number of aryl methyl sites for hydroxylation is 1. The average molecular weight is 443 g/mol. The molecule has 0 saturated carbocycles. The Kier molecular flexibility index (Phi) is 6.53. The lowest BCUT2D eigenvalue weighted by molar-refractivity contribution is -0.137. The van der Waals surface area contributed by atoms with E-state index < -0.39 is 47.4 Å². The van der Waals surface area contributed by atoms with Crippen molar-refractivity contribution in [2.45, 2.75) is 12.5 Å². The molecule has 0 aliphatic carbocycles. The molecule has 0 fully saturated rings. The van der Waals surface area contributed by atoms with Gasteiger partial charge in [-0.05, 0) is 29.3 Å². The van der Waals surface area contributed by atoms with E-state index in [2.05, 4.69) is 10.6 Å². The summed E-state index contributed by atoms with van der Waals surface area (Å²) in [6.45, 7) is 0. The minimum atomic E-state index is -1.19. The van der Waals surface area contributed by atoms with Crippen molar-refractivity contribution in [1.29, 1.82) is 0 Å². The maximum absolute atomic E-state index is 14.0. The molecule has 10 heteroatoms. The molecule has 0 unspecified atom stereocenters. The number of nitrogens with one attached hydrogen (secondary N) is 2. The number of carboxylic acid groups (broad SMARTS) is 1. The van der Waals surface area contributed by atoms with Crippen molar-refractivity contribution in [3.05, 3.63) is 82.3 Å². The molecule has 0 radical (unpaired) electrons. The summed E-state index contributed by atoms with van der Waals surface area (Å²) in [6, 6.07) is 8.53. The number of nitrogens with zero attached hydrogens (tertiary/aromatic N) is 1. The number of anilines is 1. The second-order valence-electron chi connectivity index (χ2n) is 6.99. The van der Waals surface area contributed by atoms with Crippen LogP contribution in [0.5, 0.6) is 5.75 Å². The van der Waals surface area contributed by atoms with Crippen LogP contribution in [0.25, 0.3) is 11.1 Å². The number of rotatable bonds is 6. The zero-order valence-electron chi connectivity index (χ0n) is 16.8. The standard InChI is InChI=1S/C22H19F2N3O5/c1-27-9-8-18(28)20(21(27)31)26-22(32)25-17(11-19(29)30)13-4-2-12(3-5-13)15-7-6-14(23)10-16(15)24/h2-10,17,28H,11H2,1H3,(H,29,30)(H2,25,26,32)/t17-/m0/s1. The molecule has 0 bridgehead atoms. The van der Waals surface area contributed by atoms with E-state index in [0.717, 1.165) is 16.7 Å². The number of pyridine rings is 1. The molecule has 0 aliphatic heterocycles. The van der Waals surface area contributed by atoms with Gasteiger partial charge in [0.1, 0.15) is 17.4 Å². The number of carbonyl (C=O) groups excluding carboxylic acids is 1. The molecule has 2 aromatic carbocycles. The first-order chi connectivity index (χ1) is 15.2. The summed E-state index contributed by atoms with van der Waals surface area (Å²) in [7, 11) is 1.43. The number of carbonyl (C=O) groups is 2. The van der Waals surface area contributed by atoms with Crippen molar-refractivity contribution >= 4 is 17.7 Å². The van der Waals surface area contributed by atoms with E-state index in [-0.39, 0.29) is 11.3 Å². The molecule has 32 heavy (non-hydrogen) atoms. The van der Waals surface area contributed by atoms with Crippen molar-refractivity contribution in [1.82, 2.24) is 9.88 Å². The number of carboxylic acids is 1. The summed E-state index contributed by atoms with van der Waals surface area (Å²) in [6.07, 6.45) is 0.843. The first kappa shape index (κ1) is 22.5. The van der Waals surface area contributed by atoms with E-state index in [4.69, 9.17) is 0 Å². The summed E-state index contributed by atoms with van der Waals surface area (Å²) in [5, 5.41) is 23.7. The Bertz CT molecular complexity index is 1230. The van der Waals surface area contributed by atoms with Crippen molar-refractivity contribution < 1.29 is 28.6 Å². The maximum Gasteiger partial charge on any atom is 0.319 e. The van der Waals surface area contributed by atoms with Gasteiger partial charge in [0.25, 0.3) is 5.56 Å². The monoisotopic (exact) mass is 443 g/mol. The molecule has 2 amide bonds. The number of amides is 2. The number of aromatic nitrogens is 1. The summed E-state index contributed by atoms with van der Waals surface area (Å²) < 4.78 is 28.3. The highest BCUT2D eigenvalue weighted by Crippen LogP contribution is 2.26. The van der Waals surface area contributed by atoms with Gasteiger partial charge in [-0.25, -0.2) is 13.6 Å². The van der Waals surface area contributed by atoms with Crippen LogP contribution in [0.15, 0.2) is 59.5 Å². The zero-order chi connectivity index (χ0) is 23.4. The third kappa shape index (κ3) is 5.09. The van der Waals surface area contributed by atoms with Gasteiger partial charge in [0.05, 0.1) is 12.5 Å². The highest BCUT2D eigenvalue weighted by atomic mass is 19.1. The number of halogens is 2. The molecule has 1 atom stereocenters. The second-order valence-corrected chi connectivity index (χ2v) is 6.99. The average Bonchev–Trinajstić information content (AvgIpc) is 2.73. The van der Waals surface area contributed by atoms with Gasteiger partial charge in [0, 0.05) is 24.9 Å². The Labute approximate surface area is 180 Å². The molecule has 0 aliphatic rings. The number of benzene rings is 2. The maximum atomic E-state index is 14.0. The van der Waals surface area contributed by atoms with Crippen molar-refractivity contribution in [3.63, 3.8) is 0 Å². The predicted octanol–water partition coefficient (Wildman–Crippen LogP) is 3.37. The summed E-state index contributed by atoms with van der Waals surface area (Å²) >= 11 is 0. The third-order valence-corrected chi connectivity index (χ3v) is 4.72. The molecule has 1 heterocycles. The number of urea groups is 1. The van der Waals surface area contributed by atoms with Crippen LogP contribution in [0.1, 0.15) is 18.0 Å². The van der Waals surface area contributed by atoms with Crippen LogP contribution in [0.4, 0.5) is 19.3 Å². The fourth-order valence-corrected chi connectivity index (χ4v) is 3.09. The van der Waals surface area contributed by atoms with E-state index in [0.29, 0.717) is 11.1 Å². The van der Waals surface area contributed by atoms with Gasteiger partial charge in [-0.2, -0.15) is 0 Å². The first-order valence-corrected chi connectivity index (χ1v) is 9.39. The largest absolute Gasteiger partial charge is 0.505 e. The van der Waals surface area contributed by atoms with Crippen molar-refractivity contribution in [2.75, 3.05) is 5.32 Å². The molecular weight excluding hydrogens is 424 g/mol. The predicted molar refractivity (Wildman–Crippen MR) is 112 cm³/mol. The topological polar surface area (TPSA) is 121 Å². The second kappa shape index (κ2) is 9.29. The fraction of sp³-hybridized carbons (Fsp3) is 0.136. The summed E-state index contributed by atoms with van der Waals surface area (Å²) in [5.41, 5.74) is -0.0142. The molecule has 4 N–H and O–H groups in total. The molecule has 3 aromatic rings. The quantitative estimate of drug-likeness (QED) is 0.466. The number of aromatic hydroxyl groups is 1. The highest BCUT2D eigenvalue weighted by Gasteiger charge is 2.20. The van der Waals surface area contributed by atoms with Crippen LogP contribution in [0.3, 0.4) is 0 Å². The Balaban J connectivity index is 1.82. The van der Waals surface area contributed by atoms with E-state index in [9.17, 15) is 33.4 Å². The van der Waals surface area contributed by atoms with Crippen LogP contribution in [-0.4, -0.2) is 26.8 Å². The Hall–Kier alpha value is -4.21. The Morgan fingerprint density at radius 2 is 1.78 bits per heavy atom. The Morgan fingerprint density at radius 1 is 1.09 bits per heavy atom. The smallest absolute Gasteiger partial charge is 0.319 e. The van der Waals surface area contributed by atoms with Crippen molar-refractivity contribution in [2.24, 2.45) is 7.05 Å². The lowest BCUT2D eigenvalue weighted by Gasteiger charge is -2.19. The van der Waals surface area contributed by atoms with Gasteiger partial charge in [0.2, 0.25) is 0 Å². The molecule has 0 saturated heterocycles. The zero-order valence-corrected chi connectivity index (χ0v) is 16.8. The van der Waals surface area contributed by atoms with Gasteiger partial charge in [-0.3, -0.25) is 9.59 Å². The molecular formula is C22H19F2N3O5. The van der Waals surface area contributed by atoms with E-state index in [1.807, 2.05) is 0 Å². The van der Waals surface area contributed by atoms with Crippen LogP contribution < -0.4 is 16.2 Å². The lowest BCUT2D eigenvalue weighted by Crippen LogP contribution is -2.35. The Morgan fingerprint density at radius 3 is 2.41 bits per heavy atom. The molecule has 166 valence electrons. The number of hydrogen-bond donors (Lipinski definition) is 4. The van der Waals surface area contributed by atoms with Gasteiger partial charge in [-0.1, -0.05) is 24.3 Å². The van der Waals surface area contributed by atoms with Crippen LogP contribution >= 0.6 is 0 Å². The van der Waals surface area contributed by atoms with Gasteiger partial charge in [0.15, 0.2) is 5.69 Å². The number of aliphatic carboxylic acids is 1. The fourth-order valence-electron chi connectivity index (χ4n) is 3.09. The van der Waals surface area contributed by atoms with Crippen LogP contribution in [0, 0.1) is 11.6 Å². The number of hydrogen-bond acceptors (Lipinski definition) is 4. The van der Waals surface area contributed by atoms with Gasteiger partial charge >= 0.3 is 12.0 Å². The van der Waals surface area contributed by atoms with Gasteiger partial charge in [-0.15, -0.1) is 0 Å². The first-order valence-electron chi connectivity index (χ1n) is 9.39. The molecule has 1 aromatic heterocycles. The third-order valence-electron chi connectivity index (χ3n) is 4.72.